The van der Waals surface area contributed by atoms with Crippen molar-refractivity contribution in [3.63, 3.8) is 0 Å². The second-order valence-corrected chi connectivity index (χ2v) is 7.29. The number of ether oxygens (including phenoxy) is 1. The summed E-state index contributed by atoms with van der Waals surface area (Å²) in [5.74, 6) is -0.426. The van der Waals surface area contributed by atoms with Crippen LogP contribution in [-0.2, 0) is 14.8 Å². The van der Waals surface area contributed by atoms with Crippen LogP contribution in [0.25, 0.3) is 0 Å². The predicted octanol–water partition coefficient (Wildman–Crippen LogP) is 3.80. The van der Waals surface area contributed by atoms with Crippen LogP contribution >= 0.6 is 23.2 Å². The lowest BCUT2D eigenvalue weighted by atomic mass is 10.1. The summed E-state index contributed by atoms with van der Waals surface area (Å²) in [7, 11) is -2.46. The van der Waals surface area contributed by atoms with E-state index in [4.69, 9.17) is 27.9 Å². The molecule has 1 N–H and O–H groups in total. The molecule has 1 unspecified atom stereocenters. The van der Waals surface area contributed by atoms with E-state index in [1.54, 1.807) is 6.07 Å². The van der Waals surface area contributed by atoms with Gasteiger partial charge < -0.3 is 4.74 Å². The molecule has 2 rings (SSSR count). The number of rotatable bonds is 6. The second-order valence-electron chi connectivity index (χ2n) is 4.71. The fraction of sp³-hybridized carbons (Fsp3) is 0.200. The fourth-order valence-electron chi connectivity index (χ4n) is 1.99. The van der Waals surface area contributed by atoms with E-state index >= 15 is 0 Å². The molecule has 0 aliphatic carbocycles. The third-order valence-corrected chi connectivity index (χ3v) is 5.29. The Hall–Kier alpha value is -1.18. The monoisotopic (exact) mass is 377 g/mol. The summed E-state index contributed by atoms with van der Waals surface area (Å²) >= 11 is 11.7. The number of halogens is 3. The van der Waals surface area contributed by atoms with Crippen LogP contribution in [-0.4, -0.2) is 22.1 Å². The average Bonchev–Trinajstić information content (AvgIpc) is 2.50. The van der Waals surface area contributed by atoms with Crippen molar-refractivity contribution in [1.82, 2.24) is 4.72 Å². The summed E-state index contributed by atoms with van der Waals surface area (Å²) in [5, 5.41) is 0.310. The van der Waals surface area contributed by atoms with Gasteiger partial charge >= 0.3 is 0 Å². The highest BCUT2D eigenvalue weighted by atomic mass is 35.5. The molecule has 0 aromatic heterocycles. The molecule has 2 aromatic rings. The second kappa shape index (κ2) is 7.59. The van der Waals surface area contributed by atoms with Gasteiger partial charge in [-0.1, -0.05) is 35.3 Å². The Labute approximate surface area is 144 Å². The molecule has 0 heterocycles. The molecular weight excluding hydrogens is 364 g/mol. The quantitative estimate of drug-likeness (QED) is 0.832. The van der Waals surface area contributed by atoms with Gasteiger partial charge in [0.15, 0.2) is 0 Å². The first-order valence-electron chi connectivity index (χ1n) is 6.56. The van der Waals surface area contributed by atoms with E-state index in [0.717, 1.165) is 0 Å². The fourth-order valence-corrected chi connectivity index (χ4v) is 3.78. The number of hydrogen-bond donors (Lipinski definition) is 1. The molecule has 0 aliphatic rings. The minimum Gasteiger partial charge on any atom is -0.375 e. The van der Waals surface area contributed by atoms with Crippen LogP contribution in [0.1, 0.15) is 11.7 Å². The zero-order valence-corrected chi connectivity index (χ0v) is 14.4. The van der Waals surface area contributed by atoms with Gasteiger partial charge in [0.1, 0.15) is 10.7 Å². The average molecular weight is 378 g/mol. The van der Waals surface area contributed by atoms with Gasteiger partial charge in [-0.25, -0.2) is 17.5 Å². The van der Waals surface area contributed by atoms with Gasteiger partial charge in [-0.2, -0.15) is 0 Å². The highest BCUT2D eigenvalue weighted by molar-refractivity contribution is 7.89. The molecule has 23 heavy (non-hydrogen) atoms. The minimum absolute atomic E-state index is 0.0571. The molecule has 0 amide bonds. The van der Waals surface area contributed by atoms with E-state index in [1.165, 1.54) is 43.5 Å². The summed E-state index contributed by atoms with van der Waals surface area (Å²) in [6, 6.07) is 9.92. The van der Waals surface area contributed by atoms with Gasteiger partial charge in [-0.15, -0.1) is 0 Å². The molecule has 124 valence electrons. The summed E-state index contributed by atoms with van der Waals surface area (Å²) in [4.78, 5) is -0.124. The van der Waals surface area contributed by atoms with Crippen molar-refractivity contribution >= 4 is 33.2 Å². The van der Waals surface area contributed by atoms with Crippen molar-refractivity contribution < 1.29 is 17.5 Å². The zero-order chi connectivity index (χ0) is 17.0. The first-order chi connectivity index (χ1) is 10.8. The smallest absolute Gasteiger partial charge is 0.242 e. The normalized spacial score (nSPS) is 13.0. The topological polar surface area (TPSA) is 55.4 Å². The van der Waals surface area contributed by atoms with E-state index in [2.05, 4.69) is 4.72 Å². The van der Waals surface area contributed by atoms with Crippen LogP contribution < -0.4 is 4.72 Å². The molecule has 8 heteroatoms. The third-order valence-electron chi connectivity index (χ3n) is 3.15. The molecule has 0 fully saturated rings. The van der Waals surface area contributed by atoms with Crippen molar-refractivity contribution in [3.05, 3.63) is 63.9 Å². The van der Waals surface area contributed by atoms with Gasteiger partial charge in [0.05, 0.1) is 11.1 Å². The van der Waals surface area contributed by atoms with E-state index in [9.17, 15) is 12.8 Å². The van der Waals surface area contributed by atoms with Gasteiger partial charge in [-0.05, 0) is 35.9 Å². The lowest BCUT2D eigenvalue weighted by molar-refractivity contribution is 0.107. The Bertz CT molecular complexity index is 799. The molecule has 0 aliphatic heterocycles. The number of methoxy groups -OCH3 is 1. The number of sulfonamides is 1. The molecular formula is C15H14Cl2FNO3S. The van der Waals surface area contributed by atoms with Crippen LogP contribution in [0.2, 0.25) is 10.0 Å². The van der Waals surface area contributed by atoms with E-state index in [-0.39, 0.29) is 21.5 Å². The van der Waals surface area contributed by atoms with E-state index in [1.807, 2.05) is 0 Å². The summed E-state index contributed by atoms with van der Waals surface area (Å²) in [6.07, 6.45) is -0.640. The van der Waals surface area contributed by atoms with E-state index < -0.39 is 21.9 Å². The maximum absolute atomic E-state index is 13.3. The first-order valence-corrected chi connectivity index (χ1v) is 8.80. The molecule has 0 saturated heterocycles. The number of benzene rings is 2. The predicted molar refractivity (Wildman–Crippen MR) is 87.8 cm³/mol. The van der Waals surface area contributed by atoms with Crippen LogP contribution in [0.4, 0.5) is 4.39 Å². The molecule has 0 radical (unpaired) electrons. The van der Waals surface area contributed by atoms with Crippen molar-refractivity contribution in [2.24, 2.45) is 0 Å². The third kappa shape index (κ3) is 4.65. The maximum Gasteiger partial charge on any atom is 0.242 e. The molecule has 0 spiro atoms. The van der Waals surface area contributed by atoms with Crippen LogP contribution in [0.5, 0.6) is 0 Å². The van der Waals surface area contributed by atoms with Gasteiger partial charge in [0.2, 0.25) is 10.0 Å². The standard InChI is InChI=1S/C15H14Cl2FNO3S/c1-22-14(10-3-2-4-12(18)7-10)9-19-23(20,21)15-8-11(16)5-6-13(15)17/h2-8,14,19H,9H2,1H3. The largest absolute Gasteiger partial charge is 0.375 e. The maximum atomic E-state index is 13.3. The lowest BCUT2D eigenvalue weighted by Gasteiger charge is -2.17. The summed E-state index contributed by atoms with van der Waals surface area (Å²) in [5.41, 5.74) is 0.521. The Morgan fingerprint density at radius 2 is 1.96 bits per heavy atom. The summed E-state index contributed by atoms with van der Waals surface area (Å²) < 4.78 is 45.6. The van der Waals surface area contributed by atoms with Gasteiger partial charge in [-0.3, -0.25) is 0 Å². The summed E-state index contributed by atoms with van der Waals surface area (Å²) in [6.45, 7) is -0.0782. The van der Waals surface area contributed by atoms with Crippen molar-refractivity contribution in [3.8, 4) is 0 Å². The SMILES string of the molecule is COC(CNS(=O)(=O)c1cc(Cl)ccc1Cl)c1cccc(F)c1. The first kappa shape index (κ1) is 18.2. The Morgan fingerprint density at radius 3 is 2.61 bits per heavy atom. The highest BCUT2D eigenvalue weighted by Crippen LogP contribution is 2.25. The van der Waals surface area contributed by atoms with Gasteiger partial charge in [0, 0.05) is 18.7 Å². The molecule has 2 aromatic carbocycles. The Kier molecular flexibility index (Phi) is 6.00. The highest BCUT2D eigenvalue weighted by Gasteiger charge is 2.21. The van der Waals surface area contributed by atoms with Crippen LogP contribution in [0, 0.1) is 5.82 Å². The number of nitrogens with one attached hydrogen (secondary N) is 1. The molecule has 0 bridgehead atoms. The Morgan fingerprint density at radius 1 is 1.22 bits per heavy atom. The molecule has 0 saturated carbocycles. The van der Waals surface area contributed by atoms with Crippen molar-refractivity contribution in [2.75, 3.05) is 13.7 Å². The molecule has 1 atom stereocenters. The number of hydrogen-bond acceptors (Lipinski definition) is 3. The minimum atomic E-state index is -3.88. The Balaban J connectivity index is 2.19. The lowest BCUT2D eigenvalue weighted by Crippen LogP contribution is -2.29. The molecule has 4 nitrogen and oxygen atoms in total. The van der Waals surface area contributed by atoms with Crippen LogP contribution in [0.15, 0.2) is 47.4 Å². The van der Waals surface area contributed by atoms with Crippen molar-refractivity contribution in [2.45, 2.75) is 11.0 Å². The van der Waals surface area contributed by atoms with E-state index in [0.29, 0.717) is 5.56 Å². The van der Waals surface area contributed by atoms with Crippen molar-refractivity contribution in [1.29, 1.82) is 0 Å². The van der Waals surface area contributed by atoms with Gasteiger partial charge in [0.25, 0.3) is 0 Å². The zero-order valence-electron chi connectivity index (χ0n) is 12.1. The van der Waals surface area contributed by atoms with Crippen LogP contribution in [0.3, 0.4) is 0 Å².